The Bertz CT molecular complexity index is 279. The SMILES string of the molecule is C#CCCNCc1ccc(C)cc1. The van der Waals surface area contributed by atoms with Crippen LogP contribution in [-0.2, 0) is 6.54 Å². The van der Waals surface area contributed by atoms with E-state index >= 15 is 0 Å². The first-order chi connectivity index (χ1) is 6.33. The van der Waals surface area contributed by atoms with Crippen molar-refractivity contribution in [2.75, 3.05) is 6.54 Å². The highest BCUT2D eigenvalue weighted by Crippen LogP contribution is 2.02. The Labute approximate surface area is 80.2 Å². The van der Waals surface area contributed by atoms with Gasteiger partial charge in [-0.1, -0.05) is 29.8 Å². The molecule has 0 aliphatic rings. The van der Waals surface area contributed by atoms with Crippen LogP contribution in [0, 0.1) is 19.3 Å². The van der Waals surface area contributed by atoms with Gasteiger partial charge >= 0.3 is 0 Å². The third-order valence-electron chi connectivity index (χ3n) is 1.90. The number of rotatable bonds is 4. The molecule has 0 amide bonds. The molecule has 0 heterocycles. The summed E-state index contributed by atoms with van der Waals surface area (Å²) in [5, 5.41) is 3.28. The molecule has 1 aromatic rings. The Morgan fingerprint density at radius 2 is 2.00 bits per heavy atom. The first-order valence-electron chi connectivity index (χ1n) is 4.52. The molecule has 1 nitrogen and oxygen atoms in total. The first kappa shape index (κ1) is 9.83. The molecule has 1 heteroatoms. The predicted molar refractivity (Wildman–Crippen MR) is 56.3 cm³/mol. The summed E-state index contributed by atoms with van der Waals surface area (Å²) in [5.74, 6) is 2.60. The summed E-state index contributed by atoms with van der Waals surface area (Å²) in [6.07, 6.45) is 5.94. The lowest BCUT2D eigenvalue weighted by Crippen LogP contribution is -2.13. The van der Waals surface area contributed by atoms with Crippen LogP contribution >= 0.6 is 0 Å². The summed E-state index contributed by atoms with van der Waals surface area (Å²) in [6.45, 7) is 3.89. The van der Waals surface area contributed by atoms with Crippen molar-refractivity contribution >= 4 is 0 Å². The molecule has 0 spiro atoms. The van der Waals surface area contributed by atoms with E-state index in [2.05, 4.69) is 42.4 Å². The van der Waals surface area contributed by atoms with Crippen LogP contribution in [0.4, 0.5) is 0 Å². The Morgan fingerprint density at radius 3 is 2.62 bits per heavy atom. The van der Waals surface area contributed by atoms with Gasteiger partial charge in [0, 0.05) is 19.5 Å². The van der Waals surface area contributed by atoms with E-state index in [1.165, 1.54) is 11.1 Å². The Hall–Kier alpha value is -1.26. The van der Waals surface area contributed by atoms with Gasteiger partial charge in [0.1, 0.15) is 0 Å². The summed E-state index contributed by atoms with van der Waals surface area (Å²) in [4.78, 5) is 0. The van der Waals surface area contributed by atoms with Gasteiger partial charge in [-0.05, 0) is 12.5 Å². The summed E-state index contributed by atoms with van der Waals surface area (Å²) in [6, 6.07) is 8.52. The lowest BCUT2D eigenvalue weighted by molar-refractivity contribution is 0.701. The highest BCUT2D eigenvalue weighted by atomic mass is 14.8. The zero-order valence-electron chi connectivity index (χ0n) is 8.01. The second-order valence-corrected chi connectivity index (χ2v) is 3.12. The Balaban J connectivity index is 2.30. The molecule has 0 fully saturated rings. The molecular weight excluding hydrogens is 158 g/mol. The topological polar surface area (TPSA) is 12.0 Å². The summed E-state index contributed by atoms with van der Waals surface area (Å²) >= 11 is 0. The highest BCUT2D eigenvalue weighted by molar-refractivity contribution is 5.21. The molecule has 1 aromatic carbocycles. The van der Waals surface area contributed by atoms with E-state index in [-0.39, 0.29) is 0 Å². The van der Waals surface area contributed by atoms with Crippen LogP contribution in [0.15, 0.2) is 24.3 Å². The van der Waals surface area contributed by atoms with Gasteiger partial charge in [0.2, 0.25) is 0 Å². The van der Waals surface area contributed by atoms with Gasteiger partial charge in [-0.25, -0.2) is 0 Å². The third-order valence-corrected chi connectivity index (χ3v) is 1.90. The van der Waals surface area contributed by atoms with Crippen molar-refractivity contribution in [2.45, 2.75) is 19.9 Å². The zero-order valence-corrected chi connectivity index (χ0v) is 8.01. The van der Waals surface area contributed by atoms with Crippen LogP contribution in [0.2, 0.25) is 0 Å². The largest absolute Gasteiger partial charge is 0.312 e. The van der Waals surface area contributed by atoms with Crippen molar-refractivity contribution < 1.29 is 0 Å². The number of hydrogen-bond acceptors (Lipinski definition) is 1. The van der Waals surface area contributed by atoms with Gasteiger partial charge in [0.05, 0.1) is 0 Å². The van der Waals surface area contributed by atoms with Gasteiger partial charge in [0.15, 0.2) is 0 Å². The molecule has 0 saturated carbocycles. The minimum Gasteiger partial charge on any atom is -0.312 e. The van der Waals surface area contributed by atoms with Gasteiger partial charge in [0.25, 0.3) is 0 Å². The minimum absolute atomic E-state index is 0.797. The number of benzene rings is 1. The molecule has 0 bridgehead atoms. The number of terminal acetylenes is 1. The first-order valence-corrected chi connectivity index (χ1v) is 4.52. The fraction of sp³-hybridized carbons (Fsp3) is 0.333. The van der Waals surface area contributed by atoms with Gasteiger partial charge in [-0.2, -0.15) is 0 Å². The zero-order chi connectivity index (χ0) is 9.52. The van der Waals surface area contributed by atoms with Gasteiger partial charge in [-0.15, -0.1) is 12.3 Å². The fourth-order valence-corrected chi connectivity index (χ4v) is 1.10. The van der Waals surface area contributed by atoms with E-state index in [1.807, 2.05) is 0 Å². The van der Waals surface area contributed by atoms with Gasteiger partial charge < -0.3 is 5.32 Å². The minimum atomic E-state index is 0.797. The second kappa shape index (κ2) is 5.40. The average molecular weight is 173 g/mol. The number of nitrogens with one attached hydrogen (secondary N) is 1. The average Bonchev–Trinajstić information content (AvgIpc) is 2.15. The molecule has 0 atom stereocenters. The van der Waals surface area contributed by atoms with Crippen molar-refractivity contribution in [3.63, 3.8) is 0 Å². The van der Waals surface area contributed by atoms with Crippen LogP contribution in [-0.4, -0.2) is 6.54 Å². The van der Waals surface area contributed by atoms with Crippen LogP contribution in [0.5, 0.6) is 0 Å². The lowest BCUT2D eigenvalue weighted by Gasteiger charge is -2.02. The molecule has 0 aliphatic heterocycles. The molecule has 0 aromatic heterocycles. The smallest absolute Gasteiger partial charge is 0.0212 e. The lowest BCUT2D eigenvalue weighted by atomic mass is 10.1. The predicted octanol–water partition coefficient (Wildman–Crippen LogP) is 2.11. The summed E-state index contributed by atoms with van der Waals surface area (Å²) < 4.78 is 0. The van der Waals surface area contributed by atoms with E-state index < -0.39 is 0 Å². The molecule has 13 heavy (non-hydrogen) atoms. The molecule has 0 radical (unpaired) electrons. The quantitative estimate of drug-likeness (QED) is 0.543. The van der Waals surface area contributed by atoms with Crippen molar-refractivity contribution in [1.82, 2.24) is 5.32 Å². The molecule has 0 unspecified atom stereocenters. The Kier molecular flexibility index (Phi) is 4.08. The van der Waals surface area contributed by atoms with Crippen molar-refractivity contribution in [3.8, 4) is 12.3 Å². The molecular formula is C12H15N. The maximum atomic E-state index is 5.14. The number of aryl methyl sites for hydroxylation is 1. The maximum absolute atomic E-state index is 5.14. The standard InChI is InChI=1S/C12H15N/c1-3-4-9-13-10-12-7-5-11(2)6-8-12/h1,5-8,13H,4,9-10H2,2H3. The molecule has 1 N–H and O–H groups in total. The van der Waals surface area contributed by atoms with E-state index in [4.69, 9.17) is 6.42 Å². The third kappa shape index (κ3) is 3.78. The van der Waals surface area contributed by atoms with Crippen molar-refractivity contribution in [2.24, 2.45) is 0 Å². The van der Waals surface area contributed by atoms with Gasteiger partial charge in [-0.3, -0.25) is 0 Å². The molecule has 1 rings (SSSR count). The normalized spacial score (nSPS) is 9.54. The second-order valence-electron chi connectivity index (χ2n) is 3.12. The van der Waals surface area contributed by atoms with E-state index in [9.17, 15) is 0 Å². The van der Waals surface area contributed by atoms with Crippen LogP contribution in [0.25, 0.3) is 0 Å². The van der Waals surface area contributed by atoms with Crippen LogP contribution < -0.4 is 5.32 Å². The van der Waals surface area contributed by atoms with Crippen molar-refractivity contribution in [1.29, 1.82) is 0 Å². The molecule has 68 valence electrons. The highest BCUT2D eigenvalue weighted by Gasteiger charge is 1.90. The van der Waals surface area contributed by atoms with E-state index in [0.717, 1.165) is 19.5 Å². The summed E-state index contributed by atoms with van der Waals surface area (Å²) in [7, 11) is 0. The summed E-state index contributed by atoms with van der Waals surface area (Å²) in [5.41, 5.74) is 2.61. The molecule has 0 aliphatic carbocycles. The number of hydrogen-bond donors (Lipinski definition) is 1. The van der Waals surface area contributed by atoms with E-state index in [1.54, 1.807) is 0 Å². The Morgan fingerprint density at radius 1 is 1.31 bits per heavy atom. The van der Waals surface area contributed by atoms with Crippen LogP contribution in [0.3, 0.4) is 0 Å². The monoisotopic (exact) mass is 173 g/mol. The maximum Gasteiger partial charge on any atom is 0.0212 e. The van der Waals surface area contributed by atoms with Crippen molar-refractivity contribution in [3.05, 3.63) is 35.4 Å². The molecule has 0 saturated heterocycles. The van der Waals surface area contributed by atoms with Crippen LogP contribution in [0.1, 0.15) is 17.5 Å². The van der Waals surface area contributed by atoms with E-state index in [0.29, 0.717) is 0 Å². The fourth-order valence-electron chi connectivity index (χ4n) is 1.10.